The third-order valence-electron chi connectivity index (χ3n) is 3.40. The fourth-order valence-corrected chi connectivity index (χ4v) is 2.43. The zero-order valence-corrected chi connectivity index (χ0v) is 10.8. The van der Waals surface area contributed by atoms with Crippen LogP contribution in [-0.4, -0.2) is 14.8 Å². The Morgan fingerprint density at radius 3 is 2.84 bits per heavy atom. The summed E-state index contributed by atoms with van der Waals surface area (Å²) in [6.07, 6.45) is 7.75. The van der Waals surface area contributed by atoms with Crippen LogP contribution in [0.15, 0.2) is 36.7 Å². The Morgan fingerprint density at radius 2 is 2.16 bits per heavy atom. The first-order valence-electron chi connectivity index (χ1n) is 6.03. The van der Waals surface area contributed by atoms with Crippen molar-refractivity contribution in [3.05, 3.63) is 47.9 Å². The fraction of sp³-hybridized carbons (Fsp3) is 0.214. The van der Waals surface area contributed by atoms with Gasteiger partial charge in [0.1, 0.15) is 11.9 Å². The van der Waals surface area contributed by atoms with Gasteiger partial charge in [-0.2, -0.15) is 10.4 Å². The van der Waals surface area contributed by atoms with Crippen molar-refractivity contribution in [2.75, 3.05) is 4.90 Å². The summed E-state index contributed by atoms with van der Waals surface area (Å²) in [6.45, 7) is 2.04. The van der Waals surface area contributed by atoms with Crippen LogP contribution in [-0.2, 0) is 7.05 Å². The number of hydrogen-bond acceptors (Lipinski definition) is 4. The molecule has 5 heteroatoms. The lowest BCUT2D eigenvalue weighted by molar-refractivity contribution is 0.667. The molecular formula is C14H13N5. The lowest BCUT2D eigenvalue weighted by atomic mass is 9.98. The van der Waals surface area contributed by atoms with E-state index in [2.05, 4.69) is 22.4 Å². The summed E-state index contributed by atoms with van der Waals surface area (Å²) in [6, 6.07) is 5.64. The molecule has 2 aromatic rings. The number of allylic oxidation sites excluding steroid dienone is 1. The predicted octanol–water partition coefficient (Wildman–Crippen LogP) is 2.26. The number of nitrogens with zero attached hydrogens (tertiary/aromatic N) is 5. The third kappa shape index (κ3) is 1.69. The van der Waals surface area contributed by atoms with E-state index >= 15 is 0 Å². The standard InChI is InChI=1S/C14H13N5/c1-10-8-13(12-5-7-17-18(12)2)19(9-15)14-11(10)4-3-6-16-14/h3-8,13H,1-2H3. The van der Waals surface area contributed by atoms with E-state index in [9.17, 15) is 5.26 Å². The van der Waals surface area contributed by atoms with Gasteiger partial charge in [0.2, 0.25) is 0 Å². The minimum Gasteiger partial charge on any atom is -0.270 e. The van der Waals surface area contributed by atoms with E-state index in [0.717, 1.165) is 16.8 Å². The summed E-state index contributed by atoms with van der Waals surface area (Å²) >= 11 is 0. The van der Waals surface area contributed by atoms with E-state index in [1.54, 1.807) is 22.0 Å². The van der Waals surface area contributed by atoms with E-state index < -0.39 is 0 Å². The molecule has 94 valence electrons. The second kappa shape index (κ2) is 4.25. The van der Waals surface area contributed by atoms with Gasteiger partial charge in [-0.25, -0.2) is 9.88 Å². The summed E-state index contributed by atoms with van der Waals surface area (Å²) < 4.78 is 1.78. The van der Waals surface area contributed by atoms with Crippen LogP contribution in [0.3, 0.4) is 0 Å². The first-order chi connectivity index (χ1) is 9.22. The molecule has 1 unspecified atom stereocenters. The highest BCUT2D eigenvalue weighted by Crippen LogP contribution is 2.37. The molecule has 0 radical (unpaired) electrons. The van der Waals surface area contributed by atoms with Crippen molar-refractivity contribution in [3.63, 3.8) is 0 Å². The topological polar surface area (TPSA) is 57.7 Å². The molecule has 3 heterocycles. The second-order valence-corrected chi connectivity index (χ2v) is 4.52. The molecule has 3 rings (SSSR count). The summed E-state index contributed by atoms with van der Waals surface area (Å²) in [5.74, 6) is 0.705. The molecule has 0 fully saturated rings. The monoisotopic (exact) mass is 251 g/mol. The molecule has 0 saturated heterocycles. The zero-order chi connectivity index (χ0) is 13.4. The number of fused-ring (bicyclic) bond motifs is 1. The quantitative estimate of drug-likeness (QED) is 0.729. The van der Waals surface area contributed by atoms with Crippen molar-refractivity contribution >= 4 is 11.4 Å². The number of hydrogen-bond donors (Lipinski definition) is 0. The van der Waals surface area contributed by atoms with Crippen molar-refractivity contribution < 1.29 is 0 Å². The van der Waals surface area contributed by atoms with Gasteiger partial charge in [-0.05, 0) is 30.7 Å². The lowest BCUT2D eigenvalue weighted by Crippen LogP contribution is -2.28. The van der Waals surface area contributed by atoms with Crippen molar-refractivity contribution in [1.82, 2.24) is 14.8 Å². The Bertz CT molecular complexity index is 692. The van der Waals surface area contributed by atoms with Gasteiger partial charge in [-0.15, -0.1) is 0 Å². The molecule has 5 nitrogen and oxygen atoms in total. The smallest absolute Gasteiger partial charge is 0.186 e. The largest absolute Gasteiger partial charge is 0.270 e. The highest BCUT2D eigenvalue weighted by Gasteiger charge is 2.29. The Balaban J connectivity index is 2.17. The van der Waals surface area contributed by atoms with Gasteiger partial charge >= 0.3 is 0 Å². The van der Waals surface area contributed by atoms with Crippen molar-refractivity contribution in [1.29, 1.82) is 5.26 Å². The molecule has 0 amide bonds. The molecule has 2 aromatic heterocycles. The van der Waals surface area contributed by atoms with E-state index in [1.807, 2.05) is 32.2 Å². The van der Waals surface area contributed by atoms with Crippen molar-refractivity contribution in [2.24, 2.45) is 7.05 Å². The Morgan fingerprint density at radius 1 is 1.32 bits per heavy atom. The summed E-state index contributed by atoms with van der Waals surface area (Å²) in [4.78, 5) is 5.97. The molecule has 1 atom stereocenters. The van der Waals surface area contributed by atoms with Crippen LogP contribution in [0.25, 0.3) is 5.57 Å². The minimum atomic E-state index is -0.153. The molecule has 0 N–H and O–H groups in total. The lowest BCUT2D eigenvalue weighted by Gasteiger charge is -2.30. The maximum Gasteiger partial charge on any atom is 0.186 e. The van der Waals surface area contributed by atoms with E-state index in [0.29, 0.717) is 5.82 Å². The summed E-state index contributed by atoms with van der Waals surface area (Å²) in [5.41, 5.74) is 3.10. The van der Waals surface area contributed by atoms with Gasteiger partial charge in [0.25, 0.3) is 0 Å². The minimum absolute atomic E-state index is 0.153. The molecule has 19 heavy (non-hydrogen) atoms. The van der Waals surface area contributed by atoms with Crippen LogP contribution in [0.2, 0.25) is 0 Å². The average molecular weight is 251 g/mol. The molecule has 0 aliphatic carbocycles. The summed E-state index contributed by atoms with van der Waals surface area (Å²) in [7, 11) is 1.88. The highest BCUT2D eigenvalue weighted by atomic mass is 15.3. The number of aromatic nitrogens is 3. The first-order valence-corrected chi connectivity index (χ1v) is 6.03. The molecule has 0 aromatic carbocycles. The molecule has 1 aliphatic rings. The Hall–Kier alpha value is -2.61. The maximum absolute atomic E-state index is 9.46. The van der Waals surface area contributed by atoms with Crippen LogP contribution in [0.4, 0.5) is 5.82 Å². The van der Waals surface area contributed by atoms with Crippen LogP contribution < -0.4 is 4.90 Å². The van der Waals surface area contributed by atoms with Crippen molar-refractivity contribution in [2.45, 2.75) is 13.0 Å². The van der Waals surface area contributed by atoms with E-state index in [-0.39, 0.29) is 6.04 Å². The fourth-order valence-electron chi connectivity index (χ4n) is 2.43. The first kappa shape index (κ1) is 11.5. The number of aryl methyl sites for hydroxylation is 1. The average Bonchev–Trinajstić information content (AvgIpc) is 2.85. The Kier molecular flexibility index (Phi) is 2.57. The predicted molar refractivity (Wildman–Crippen MR) is 71.9 cm³/mol. The van der Waals surface area contributed by atoms with Gasteiger partial charge < -0.3 is 0 Å². The number of nitriles is 1. The third-order valence-corrected chi connectivity index (χ3v) is 3.40. The molecule has 0 spiro atoms. The van der Waals surface area contributed by atoms with Crippen LogP contribution in [0, 0.1) is 11.5 Å². The molecule has 0 bridgehead atoms. The zero-order valence-electron chi connectivity index (χ0n) is 10.8. The van der Waals surface area contributed by atoms with Gasteiger partial charge in [-0.3, -0.25) is 4.68 Å². The van der Waals surface area contributed by atoms with Gasteiger partial charge in [0, 0.05) is 25.0 Å². The highest BCUT2D eigenvalue weighted by molar-refractivity contribution is 5.79. The van der Waals surface area contributed by atoms with Gasteiger partial charge in [0.15, 0.2) is 6.19 Å². The number of anilines is 1. The van der Waals surface area contributed by atoms with Crippen molar-refractivity contribution in [3.8, 4) is 6.19 Å². The van der Waals surface area contributed by atoms with E-state index in [4.69, 9.17) is 0 Å². The maximum atomic E-state index is 9.46. The van der Waals surface area contributed by atoms with Crippen LogP contribution >= 0.6 is 0 Å². The van der Waals surface area contributed by atoms with E-state index in [1.165, 1.54) is 0 Å². The Labute approximate surface area is 111 Å². The number of pyridine rings is 1. The van der Waals surface area contributed by atoms with Gasteiger partial charge in [0.05, 0.1) is 5.69 Å². The van der Waals surface area contributed by atoms with Gasteiger partial charge in [-0.1, -0.05) is 6.08 Å². The molecule has 1 aliphatic heterocycles. The SMILES string of the molecule is CC1=CC(c2ccnn2C)N(C#N)c2ncccc21. The molecular weight excluding hydrogens is 238 g/mol. The number of rotatable bonds is 1. The summed E-state index contributed by atoms with van der Waals surface area (Å²) in [5, 5.41) is 13.6. The molecule has 0 saturated carbocycles. The van der Waals surface area contributed by atoms with Crippen LogP contribution in [0.1, 0.15) is 24.2 Å². The normalized spacial score (nSPS) is 17.6. The van der Waals surface area contributed by atoms with Crippen LogP contribution in [0.5, 0.6) is 0 Å². The second-order valence-electron chi connectivity index (χ2n) is 4.52.